The van der Waals surface area contributed by atoms with E-state index >= 15 is 0 Å². The highest BCUT2D eigenvalue weighted by atomic mass is 32.2. The second kappa shape index (κ2) is 10.6. The number of sulfonamides is 1. The lowest BCUT2D eigenvalue weighted by atomic mass is 9.96. The lowest BCUT2D eigenvalue weighted by molar-refractivity contribution is 0.237. The zero-order valence-electron chi connectivity index (χ0n) is 20.7. The molecule has 0 unspecified atom stereocenters. The van der Waals surface area contributed by atoms with Gasteiger partial charge in [-0.25, -0.2) is 22.6 Å². The third-order valence-electron chi connectivity index (χ3n) is 6.69. The minimum atomic E-state index is -4.01. The number of carbonyl (C=O) groups excluding carboxylic acids is 1. The summed E-state index contributed by atoms with van der Waals surface area (Å²) in [6.07, 6.45) is 4.99. The summed E-state index contributed by atoms with van der Waals surface area (Å²) in [6.45, 7) is 2.04. The zero-order valence-corrected chi connectivity index (χ0v) is 21.5. The lowest BCUT2D eigenvalue weighted by Crippen LogP contribution is -2.45. The van der Waals surface area contributed by atoms with E-state index in [4.69, 9.17) is 5.10 Å². The topological polar surface area (TPSA) is 93.1 Å². The summed E-state index contributed by atoms with van der Waals surface area (Å²) in [5.74, 6) is 0. The first kappa shape index (κ1) is 24.8. The van der Waals surface area contributed by atoms with Crippen LogP contribution in [0.3, 0.4) is 0 Å². The van der Waals surface area contributed by atoms with Gasteiger partial charge in [-0.15, -0.1) is 0 Å². The minimum absolute atomic E-state index is 0.0161. The fraction of sp³-hybridized carbons (Fsp3) is 0.241. The lowest BCUT2D eigenvalue weighted by Gasteiger charge is -2.22. The van der Waals surface area contributed by atoms with Gasteiger partial charge in [0.1, 0.15) is 0 Å². The highest BCUT2D eigenvalue weighted by Crippen LogP contribution is 2.29. The summed E-state index contributed by atoms with van der Waals surface area (Å²) in [6, 6.07) is 25.9. The second-order valence-corrected chi connectivity index (χ2v) is 11.1. The number of hydrogen-bond donors (Lipinski definition) is 2. The molecule has 0 radical (unpaired) electrons. The van der Waals surface area contributed by atoms with Crippen molar-refractivity contribution in [2.45, 2.75) is 50.0 Å². The van der Waals surface area contributed by atoms with Gasteiger partial charge in [0, 0.05) is 17.2 Å². The van der Waals surface area contributed by atoms with Crippen LogP contribution < -0.4 is 10.0 Å². The van der Waals surface area contributed by atoms with E-state index in [1.807, 2.05) is 60.1 Å². The standard InChI is InChI=1S/C29H30N4O3S/c1-21-12-14-23(15-13-21)28-20-27(22-8-4-2-5-9-22)31-33(28)25-16-18-26(19-17-25)37(35,36)32-29(34)30-24-10-6-3-7-11-24/h2,4-5,8-9,12-20,24H,3,6-7,10-11H2,1H3,(H2,30,32,34). The first-order valence-electron chi connectivity index (χ1n) is 12.6. The van der Waals surface area contributed by atoms with Crippen LogP contribution in [0.5, 0.6) is 0 Å². The number of benzene rings is 3. The SMILES string of the molecule is Cc1ccc(-c2cc(-c3ccccc3)nn2-c2ccc(S(=O)(=O)NC(=O)NC3CCCCC3)cc2)cc1. The van der Waals surface area contributed by atoms with Gasteiger partial charge in [0.2, 0.25) is 0 Å². The molecule has 1 aromatic heterocycles. The van der Waals surface area contributed by atoms with Gasteiger partial charge in [-0.2, -0.15) is 5.10 Å². The Morgan fingerprint density at radius 1 is 0.865 bits per heavy atom. The quantitative estimate of drug-likeness (QED) is 0.338. The Morgan fingerprint density at radius 3 is 2.22 bits per heavy atom. The average Bonchev–Trinajstić information content (AvgIpc) is 3.35. The Kier molecular flexibility index (Phi) is 7.10. The molecule has 0 atom stereocenters. The third kappa shape index (κ3) is 5.75. The van der Waals surface area contributed by atoms with E-state index in [0.29, 0.717) is 5.69 Å². The highest BCUT2D eigenvalue weighted by molar-refractivity contribution is 7.90. The van der Waals surface area contributed by atoms with Crippen LogP contribution >= 0.6 is 0 Å². The molecule has 0 bridgehead atoms. The molecule has 0 spiro atoms. The number of aromatic nitrogens is 2. The Hall–Kier alpha value is -3.91. The maximum Gasteiger partial charge on any atom is 0.328 e. The molecule has 4 aromatic rings. The number of carbonyl (C=O) groups is 1. The van der Waals surface area contributed by atoms with Crippen molar-refractivity contribution in [2.24, 2.45) is 0 Å². The second-order valence-electron chi connectivity index (χ2n) is 9.47. The summed E-state index contributed by atoms with van der Waals surface area (Å²) < 4.78 is 29.7. The predicted molar refractivity (Wildman–Crippen MR) is 145 cm³/mol. The smallest absolute Gasteiger partial charge is 0.328 e. The van der Waals surface area contributed by atoms with E-state index in [0.717, 1.165) is 60.2 Å². The molecule has 1 aliphatic rings. The Balaban J connectivity index is 1.42. The van der Waals surface area contributed by atoms with E-state index in [-0.39, 0.29) is 10.9 Å². The van der Waals surface area contributed by atoms with Gasteiger partial charge in [0.15, 0.2) is 0 Å². The molecule has 1 saturated carbocycles. The van der Waals surface area contributed by atoms with Crippen molar-refractivity contribution in [3.63, 3.8) is 0 Å². The minimum Gasteiger partial charge on any atom is -0.335 e. The molecular formula is C29H30N4O3S. The molecule has 190 valence electrons. The van der Waals surface area contributed by atoms with Gasteiger partial charge >= 0.3 is 6.03 Å². The van der Waals surface area contributed by atoms with Gasteiger partial charge in [-0.3, -0.25) is 0 Å². The summed E-state index contributed by atoms with van der Waals surface area (Å²) in [5, 5.41) is 7.63. The third-order valence-corrected chi connectivity index (χ3v) is 8.03. The fourth-order valence-electron chi connectivity index (χ4n) is 4.67. The number of urea groups is 1. The van der Waals surface area contributed by atoms with Gasteiger partial charge in [-0.05, 0) is 50.1 Å². The number of nitrogens with zero attached hydrogens (tertiary/aromatic N) is 2. The Morgan fingerprint density at radius 2 is 1.54 bits per heavy atom. The molecule has 1 heterocycles. The summed E-state index contributed by atoms with van der Waals surface area (Å²) in [5.41, 5.74) is 5.56. The summed E-state index contributed by atoms with van der Waals surface area (Å²) >= 11 is 0. The zero-order chi connectivity index (χ0) is 25.8. The largest absolute Gasteiger partial charge is 0.335 e. The van der Waals surface area contributed by atoms with Crippen LogP contribution in [0.25, 0.3) is 28.2 Å². The number of aryl methyl sites for hydroxylation is 1. The number of hydrogen-bond acceptors (Lipinski definition) is 4. The molecule has 1 aliphatic carbocycles. The number of nitrogens with one attached hydrogen (secondary N) is 2. The van der Waals surface area contributed by atoms with Crippen molar-refractivity contribution in [1.29, 1.82) is 0 Å². The van der Waals surface area contributed by atoms with Crippen molar-refractivity contribution >= 4 is 16.1 Å². The van der Waals surface area contributed by atoms with Crippen molar-refractivity contribution in [3.05, 3.63) is 90.5 Å². The van der Waals surface area contributed by atoms with Crippen molar-refractivity contribution in [3.8, 4) is 28.2 Å². The fourth-order valence-corrected chi connectivity index (χ4v) is 5.58. The molecule has 2 N–H and O–H groups in total. The number of rotatable bonds is 6. The van der Waals surface area contributed by atoms with Crippen molar-refractivity contribution in [2.75, 3.05) is 0 Å². The maximum atomic E-state index is 12.8. The molecule has 0 aliphatic heterocycles. The van der Waals surface area contributed by atoms with Gasteiger partial charge in [0.25, 0.3) is 10.0 Å². The van der Waals surface area contributed by atoms with E-state index < -0.39 is 16.1 Å². The molecule has 1 fully saturated rings. The first-order chi connectivity index (χ1) is 17.9. The summed E-state index contributed by atoms with van der Waals surface area (Å²) in [4.78, 5) is 12.4. The van der Waals surface area contributed by atoms with E-state index in [1.165, 1.54) is 12.1 Å². The first-order valence-corrected chi connectivity index (χ1v) is 14.0. The van der Waals surface area contributed by atoms with Crippen LogP contribution in [0.15, 0.2) is 89.8 Å². The normalized spacial score (nSPS) is 14.3. The van der Waals surface area contributed by atoms with Crippen LogP contribution in [0, 0.1) is 6.92 Å². The molecule has 3 aromatic carbocycles. The van der Waals surface area contributed by atoms with Crippen LogP contribution in [0.1, 0.15) is 37.7 Å². The molecule has 5 rings (SSSR count). The van der Waals surface area contributed by atoms with E-state index in [2.05, 4.69) is 22.2 Å². The molecule has 2 amide bonds. The molecule has 37 heavy (non-hydrogen) atoms. The molecular weight excluding hydrogens is 484 g/mol. The van der Waals surface area contributed by atoms with Gasteiger partial charge in [0.05, 0.1) is 22.0 Å². The molecule has 7 nitrogen and oxygen atoms in total. The monoisotopic (exact) mass is 514 g/mol. The van der Waals surface area contributed by atoms with Crippen molar-refractivity contribution in [1.82, 2.24) is 19.8 Å². The number of amides is 2. The molecule has 8 heteroatoms. The summed E-state index contributed by atoms with van der Waals surface area (Å²) in [7, 11) is -4.01. The van der Waals surface area contributed by atoms with Crippen LogP contribution in [-0.4, -0.2) is 30.3 Å². The van der Waals surface area contributed by atoms with Crippen LogP contribution in [-0.2, 0) is 10.0 Å². The molecule has 0 saturated heterocycles. The Labute approximate surface area is 217 Å². The van der Waals surface area contributed by atoms with E-state index in [9.17, 15) is 13.2 Å². The van der Waals surface area contributed by atoms with E-state index in [1.54, 1.807) is 12.1 Å². The van der Waals surface area contributed by atoms with Crippen LogP contribution in [0.4, 0.5) is 4.79 Å². The van der Waals surface area contributed by atoms with Crippen molar-refractivity contribution < 1.29 is 13.2 Å². The average molecular weight is 515 g/mol. The maximum absolute atomic E-state index is 12.8. The van der Waals surface area contributed by atoms with Gasteiger partial charge < -0.3 is 5.32 Å². The van der Waals surface area contributed by atoms with Crippen LogP contribution in [0.2, 0.25) is 0 Å². The van der Waals surface area contributed by atoms with Gasteiger partial charge in [-0.1, -0.05) is 79.4 Å². The predicted octanol–water partition coefficient (Wildman–Crippen LogP) is 5.84. The Bertz CT molecular complexity index is 1470. The highest BCUT2D eigenvalue weighted by Gasteiger charge is 2.22.